The first-order chi connectivity index (χ1) is 17.2. The van der Waals surface area contributed by atoms with Gasteiger partial charge < -0.3 is 15.5 Å². The lowest BCUT2D eigenvalue weighted by Gasteiger charge is -2.33. The Kier molecular flexibility index (Phi) is 6.72. The summed E-state index contributed by atoms with van der Waals surface area (Å²) in [5.41, 5.74) is 7.39. The van der Waals surface area contributed by atoms with Gasteiger partial charge in [-0.25, -0.2) is 4.68 Å². The Balaban J connectivity index is 1.50. The van der Waals surface area contributed by atoms with Crippen LogP contribution in [-0.2, 0) is 11.2 Å². The number of fused-ring (bicyclic) bond motifs is 1. The highest BCUT2D eigenvalue weighted by Gasteiger charge is 2.38. The Morgan fingerprint density at radius 1 is 1.00 bits per heavy atom. The van der Waals surface area contributed by atoms with Gasteiger partial charge >= 0.3 is 0 Å². The molecule has 0 saturated carbocycles. The number of carbonyl (C=O) groups is 1. The molecule has 178 valence electrons. The van der Waals surface area contributed by atoms with Gasteiger partial charge in [0.1, 0.15) is 11.0 Å². The van der Waals surface area contributed by atoms with Crippen molar-refractivity contribution < 1.29 is 9.53 Å². The summed E-state index contributed by atoms with van der Waals surface area (Å²) in [5, 5.41) is 12.1. The molecule has 7 nitrogen and oxygen atoms in total. The Bertz CT molecular complexity index is 1310. The second kappa shape index (κ2) is 10.2. The fourth-order valence-electron chi connectivity index (χ4n) is 4.17. The zero-order chi connectivity index (χ0) is 24.2. The molecule has 0 radical (unpaired) electrons. The number of aryl methyl sites for hydroxylation is 1. The van der Waals surface area contributed by atoms with E-state index in [2.05, 4.69) is 27.9 Å². The summed E-state index contributed by atoms with van der Waals surface area (Å²) in [6.07, 6.45) is 0.837. The number of thioether (sulfide) groups is 1. The molecule has 0 bridgehead atoms. The number of aromatic nitrogens is 3. The van der Waals surface area contributed by atoms with Crippen LogP contribution in [0.3, 0.4) is 0 Å². The number of hydrogen-bond donors (Lipinski definition) is 2. The van der Waals surface area contributed by atoms with Crippen LogP contribution < -0.4 is 15.5 Å². The van der Waals surface area contributed by atoms with Gasteiger partial charge in [0.05, 0.1) is 12.6 Å². The number of para-hydroxylation sites is 1. The first-order valence-corrected chi connectivity index (χ1v) is 12.6. The van der Waals surface area contributed by atoms with Crippen molar-refractivity contribution in [2.24, 2.45) is 0 Å². The van der Waals surface area contributed by atoms with Gasteiger partial charge in [-0.05, 0) is 42.7 Å². The lowest BCUT2D eigenvalue weighted by Crippen LogP contribution is -2.41. The molecule has 2 N–H and O–H groups in total. The van der Waals surface area contributed by atoms with Crippen LogP contribution in [0.4, 0.5) is 5.69 Å². The summed E-state index contributed by atoms with van der Waals surface area (Å²) in [7, 11) is 0. The normalized spacial score (nSPS) is 16.7. The summed E-state index contributed by atoms with van der Waals surface area (Å²) in [4.78, 5) is 13.6. The Morgan fingerprint density at radius 3 is 2.49 bits per heavy atom. The largest absolute Gasteiger partial charge is 0.494 e. The fourth-order valence-corrected chi connectivity index (χ4v) is 5.25. The number of ether oxygens (including phenoxy) is 1. The predicted molar refractivity (Wildman–Crippen MR) is 139 cm³/mol. The van der Waals surface area contributed by atoms with E-state index in [4.69, 9.17) is 4.74 Å². The molecule has 8 heteroatoms. The van der Waals surface area contributed by atoms with Crippen molar-refractivity contribution in [3.63, 3.8) is 0 Å². The van der Waals surface area contributed by atoms with Crippen molar-refractivity contribution in [3.8, 4) is 17.1 Å². The zero-order valence-electron chi connectivity index (χ0n) is 19.6. The molecule has 0 saturated heterocycles. The number of nitrogens with one attached hydrogen (secondary N) is 2. The number of hydrogen-bond acceptors (Lipinski definition) is 6. The van der Waals surface area contributed by atoms with Crippen LogP contribution in [-0.4, -0.2) is 32.6 Å². The SMILES string of the molecule is CCOc1ccc([C@H]2Nn3c(nnc3-c3ccccc3)S[C@@H]2C(=O)Nc2ccccc2CC)cc1. The highest BCUT2D eigenvalue weighted by molar-refractivity contribution is 8.00. The fraction of sp³-hybridized carbons (Fsp3) is 0.222. The molecule has 0 fully saturated rings. The first kappa shape index (κ1) is 23.0. The molecule has 1 aliphatic rings. The standard InChI is InChI=1S/C27H27N5O2S/c1-3-18-10-8-9-13-22(18)28-26(33)24-23(19-14-16-21(17-15-19)34-4-2)31-32-25(29-30-27(32)35-24)20-11-6-5-7-12-20/h5-17,23-24,31H,3-4H2,1-2H3,(H,28,33)/t23-,24+/m1/s1. The number of nitrogens with zero attached hydrogens (tertiary/aromatic N) is 3. The molecule has 35 heavy (non-hydrogen) atoms. The number of benzene rings is 3. The molecule has 0 unspecified atom stereocenters. The van der Waals surface area contributed by atoms with Crippen molar-refractivity contribution >= 4 is 23.4 Å². The summed E-state index contributed by atoms with van der Waals surface area (Å²) < 4.78 is 7.50. The van der Waals surface area contributed by atoms with Gasteiger partial charge in [-0.1, -0.05) is 79.3 Å². The van der Waals surface area contributed by atoms with E-state index in [9.17, 15) is 4.79 Å². The van der Waals surface area contributed by atoms with Crippen molar-refractivity contribution in [2.45, 2.75) is 36.7 Å². The second-order valence-electron chi connectivity index (χ2n) is 8.15. The van der Waals surface area contributed by atoms with E-state index in [1.54, 1.807) is 0 Å². The third-order valence-electron chi connectivity index (χ3n) is 5.93. The summed E-state index contributed by atoms with van der Waals surface area (Å²) in [6, 6.07) is 25.4. The quantitative estimate of drug-likeness (QED) is 0.370. The van der Waals surface area contributed by atoms with Crippen LogP contribution >= 0.6 is 11.8 Å². The van der Waals surface area contributed by atoms with Crippen LogP contribution in [0.5, 0.6) is 5.75 Å². The Morgan fingerprint density at radius 2 is 1.74 bits per heavy atom. The molecule has 0 spiro atoms. The minimum atomic E-state index is -0.460. The van der Waals surface area contributed by atoms with Gasteiger partial charge in [0, 0.05) is 11.3 Å². The first-order valence-electron chi connectivity index (χ1n) is 11.7. The summed E-state index contributed by atoms with van der Waals surface area (Å²) in [6.45, 7) is 4.64. The molecule has 0 aliphatic carbocycles. The van der Waals surface area contributed by atoms with E-state index in [1.807, 2.05) is 90.5 Å². The third kappa shape index (κ3) is 4.74. The lowest BCUT2D eigenvalue weighted by molar-refractivity contribution is -0.116. The smallest absolute Gasteiger partial charge is 0.240 e. The van der Waals surface area contributed by atoms with Gasteiger partial charge in [0.2, 0.25) is 11.1 Å². The average molecular weight is 486 g/mol. The maximum Gasteiger partial charge on any atom is 0.240 e. The Labute approximate surface area is 208 Å². The van der Waals surface area contributed by atoms with Crippen molar-refractivity contribution in [3.05, 3.63) is 90.0 Å². The molecule has 2 heterocycles. The highest BCUT2D eigenvalue weighted by atomic mass is 32.2. The van der Waals surface area contributed by atoms with E-state index in [0.29, 0.717) is 17.6 Å². The summed E-state index contributed by atoms with van der Waals surface area (Å²) in [5.74, 6) is 1.42. The molecule has 4 aromatic rings. The van der Waals surface area contributed by atoms with Gasteiger partial charge in [0.25, 0.3) is 0 Å². The molecule has 1 aliphatic heterocycles. The van der Waals surface area contributed by atoms with E-state index in [0.717, 1.165) is 34.5 Å². The topological polar surface area (TPSA) is 81.1 Å². The average Bonchev–Trinajstić information content (AvgIpc) is 3.32. The van der Waals surface area contributed by atoms with Crippen molar-refractivity contribution in [1.29, 1.82) is 0 Å². The van der Waals surface area contributed by atoms with Crippen LogP contribution in [0.2, 0.25) is 0 Å². The molecule has 2 atom stereocenters. The molecule has 1 aromatic heterocycles. The number of anilines is 1. The van der Waals surface area contributed by atoms with Crippen LogP contribution in [0.15, 0.2) is 84.0 Å². The van der Waals surface area contributed by atoms with Crippen LogP contribution in [0, 0.1) is 0 Å². The van der Waals surface area contributed by atoms with Crippen molar-refractivity contribution in [2.75, 3.05) is 17.3 Å². The molecule has 5 rings (SSSR count). The zero-order valence-corrected chi connectivity index (χ0v) is 20.5. The van der Waals surface area contributed by atoms with Gasteiger partial charge in [-0.2, -0.15) is 0 Å². The molecular weight excluding hydrogens is 458 g/mol. The minimum Gasteiger partial charge on any atom is -0.494 e. The highest BCUT2D eigenvalue weighted by Crippen LogP contribution is 2.39. The van der Waals surface area contributed by atoms with Gasteiger partial charge in [-0.15, -0.1) is 10.2 Å². The molecular formula is C27H27N5O2S. The number of carbonyl (C=O) groups excluding carboxylic acids is 1. The van der Waals surface area contributed by atoms with Gasteiger partial charge in [0.15, 0.2) is 5.82 Å². The van der Waals surface area contributed by atoms with Crippen LogP contribution in [0.25, 0.3) is 11.4 Å². The lowest BCUT2D eigenvalue weighted by atomic mass is 10.0. The summed E-state index contributed by atoms with van der Waals surface area (Å²) >= 11 is 1.41. The van der Waals surface area contributed by atoms with E-state index in [-0.39, 0.29) is 11.9 Å². The Hall–Kier alpha value is -3.78. The van der Waals surface area contributed by atoms with E-state index < -0.39 is 5.25 Å². The number of rotatable bonds is 7. The van der Waals surface area contributed by atoms with E-state index >= 15 is 0 Å². The molecule has 1 amide bonds. The monoisotopic (exact) mass is 485 g/mol. The van der Waals surface area contributed by atoms with Crippen molar-refractivity contribution in [1.82, 2.24) is 14.9 Å². The minimum absolute atomic E-state index is 0.0854. The molecule has 3 aromatic carbocycles. The number of amides is 1. The second-order valence-corrected chi connectivity index (χ2v) is 9.26. The third-order valence-corrected chi connectivity index (χ3v) is 7.15. The predicted octanol–water partition coefficient (Wildman–Crippen LogP) is 5.30. The van der Waals surface area contributed by atoms with E-state index in [1.165, 1.54) is 11.8 Å². The van der Waals surface area contributed by atoms with Crippen LogP contribution in [0.1, 0.15) is 31.0 Å². The maximum atomic E-state index is 13.6. The van der Waals surface area contributed by atoms with Gasteiger partial charge in [-0.3, -0.25) is 4.79 Å². The maximum absolute atomic E-state index is 13.6.